The first-order valence-corrected chi connectivity index (χ1v) is 10.3. The van der Waals surface area contributed by atoms with E-state index in [1.165, 1.54) is 30.4 Å². The molecule has 0 radical (unpaired) electrons. The Morgan fingerprint density at radius 1 is 0.964 bits per heavy atom. The summed E-state index contributed by atoms with van der Waals surface area (Å²) >= 11 is 0. The van der Waals surface area contributed by atoms with Gasteiger partial charge in [0.2, 0.25) is 0 Å². The van der Waals surface area contributed by atoms with E-state index in [9.17, 15) is 0 Å². The monoisotopic (exact) mass is 382 g/mol. The van der Waals surface area contributed by atoms with Crippen LogP contribution in [0.15, 0.2) is 24.5 Å². The first-order valence-electron chi connectivity index (χ1n) is 10.3. The minimum absolute atomic E-state index is 0.593. The number of methoxy groups -OCH3 is 2. The molecule has 2 aromatic rings. The summed E-state index contributed by atoms with van der Waals surface area (Å²) in [5, 5.41) is 0. The van der Waals surface area contributed by atoms with Crippen molar-refractivity contribution in [3.05, 3.63) is 35.7 Å². The van der Waals surface area contributed by atoms with Crippen LogP contribution in [0.3, 0.4) is 0 Å². The van der Waals surface area contributed by atoms with E-state index in [-0.39, 0.29) is 0 Å². The van der Waals surface area contributed by atoms with Crippen molar-refractivity contribution in [3.63, 3.8) is 0 Å². The van der Waals surface area contributed by atoms with Crippen molar-refractivity contribution < 1.29 is 9.47 Å². The lowest BCUT2D eigenvalue weighted by Gasteiger charge is -2.37. The van der Waals surface area contributed by atoms with Gasteiger partial charge in [-0.2, -0.15) is 0 Å². The minimum Gasteiger partial charge on any atom is -0.493 e. The number of rotatable bonds is 5. The maximum atomic E-state index is 5.49. The smallest absolute Gasteiger partial charge is 0.161 e. The highest BCUT2D eigenvalue weighted by atomic mass is 16.5. The van der Waals surface area contributed by atoms with Crippen LogP contribution in [0.1, 0.15) is 43.7 Å². The molecule has 0 N–H and O–H groups in total. The highest BCUT2D eigenvalue weighted by Gasteiger charge is 2.24. The molecule has 1 fully saturated rings. The van der Waals surface area contributed by atoms with Gasteiger partial charge in [-0.15, -0.1) is 0 Å². The molecule has 2 aliphatic heterocycles. The van der Waals surface area contributed by atoms with Crippen molar-refractivity contribution in [2.45, 2.75) is 51.6 Å². The van der Waals surface area contributed by atoms with Gasteiger partial charge in [0.25, 0.3) is 0 Å². The van der Waals surface area contributed by atoms with E-state index >= 15 is 0 Å². The Hall–Kier alpha value is -2.50. The highest BCUT2D eigenvalue weighted by Crippen LogP contribution is 2.34. The van der Waals surface area contributed by atoms with Crippen molar-refractivity contribution in [2.24, 2.45) is 0 Å². The Kier molecular flexibility index (Phi) is 5.55. The van der Waals surface area contributed by atoms with E-state index < -0.39 is 0 Å². The average Bonchev–Trinajstić information content (AvgIpc) is 2.77. The van der Waals surface area contributed by atoms with E-state index in [0.717, 1.165) is 55.6 Å². The van der Waals surface area contributed by atoms with Gasteiger partial charge in [-0.3, -0.25) is 0 Å². The molecule has 2 aliphatic rings. The second-order valence-electron chi connectivity index (χ2n) is 7.63. The Labute approximate surface area is 167 Å². The summed E-state index contributed by atoms with van der Waals surface area (Å²) in [5.41, 5.74) is 2.60. The molecule has 0 bridgehead atoms. The molecule has 150 valence electrons. The Morgan fingerprint density at radius 3 is 2.46 bits per heavy atom. The quantitative estimate of drug-likeness (QED) is 0.783. The third-order valence-electron chi connectivity index (χ3n) is 6.07. The van der Waals surface area contributed by atoms with Crippen LogP contribution in [0.2, 0.25) is 0 Å². The normalized spacial score (nSPS) is 19.3. The van der Waals surface area contributed by atoms with Crippen LogP contribution in [0.5, 0.6) is 11.5 Å². The molecular weight excluding hydrogens is 352 g/mol. The second-order valence-corrected chi connectivity index (χ2v) is 7.63. The van der Waals surface area contributed by atoms with Gasteiger partial charge in [0.15, 0.2) is 11.5 Å². The van der Waals surface area contributed by atoms with Gasteiger partial charge in [-0.25, -0.2) is 9.97 Å². The number of aromatic nitrogens is 2. The van der Waals surface area contributed by atoms with Gasteiger partial charge in [-0.05, 0) is 55.4 Å². The fourth-order valence-corrected chi connectivity index (χ4v) is 4.47. The Bertz CT molecular complexity index is 826. The van der Waals surface area contributed by atoms with Crippen LogP contribution >= 0.6 is 0 Å². The molecule has 6 heteroatoms. The number of benzene rings is 1. The number of nitrogens with zero attached hydrogens (tertiary/aromatic N) is 4. The van der Waals surface area contributed by atoms with Crippen LogP contribution in [-0.2, 0) is 13.0 Å². The van der Waals surface area contributed by atoms with Gasteiger partial charge in [0, 0.05) is 31.7 Å². The molecule has 1 atom stereocenters. The summed E-state index contributed by atoms with van der Waals surface area (Å²) in [7, 11) is 3.37. The second kappa shape index (κ2) is 8.25. The zero-order valence-corrected chi connectivity index (χ0v) is 17.1. The van der Waals surface area contributed by atoms with Crippen LogP contribution in [-0.4, -0.2) is 43.3 Å². The number of piperidine rings is 1. The molecule has 0 amide bonds. The first-order chi connectivity index (χ1) is 13.7. The number of ether oxygens (including phenoxy) is 2. The Morgan fingerprint density at radius 2 is 1.71 bits per heavy atom. The summed E-state index contributed by atoms with van der Waals surface area (Å²) in [6, 6.07) is 6.96. The van der Waals surface area contributed by atoms with E-state index in [4.69, 9.17) is 9.47 Å². The lowest BCUT2D eigenvalue weighted by molar-refractivity contribution is 0.353. The van der Waals surface area contributed by atoms with Crippen molar-refractivity contribution in [2.75, 3.05) is 37.1 Å². The topological polar surface area (TPSA) is 50.7 Å². The minimum atomic E-state index is 0.593. The molecular formula is C22H30N4O2. The van der Waals surface area contributed by atoms with Crippen molar-refractivity contribution in [3.8, 4) is 11.5 Å². The van der Waals surface area contributed by atoms with Crippen LogP contribution in [0.25, 0.3) is 0 Å². The highest BCUT2D eigenvalue weighted by molar-refractivity contribution is 5.55. The lowest BCUT2D eigenvalue weighted by Crippen LogP contribution is -2.40. The number of anilines is 2. The summed E-state index contributed by atoms with van der Waals surface area (Å²) in [5.74, 6) is 3.65. The largest absolute Gasteiger partial charge is 0.493 e. The van der Waals surface area contributed by atoms with E-state index in [2.05, 4.69) is 44.9 Å². The molecule has 4 rings (SSSR count). The SMILES string of the molecule is CCC1CCCCN1c1cc(N2CCc3cc(OC)c(OC)cc3C2)ncn1. The van der Waals surface area contributed by atoms with Crippen LogP contribution < -0.4 is 19.3 Å². The zero-order valence-electron chi connectivity index (χ0n) is 17.1. The molecule has 0 spiro atoms. The number of hydrogen-bond donors (Lipinski definition) is 0. The van der Waals surface area contributed by atoms with Gasteiger partial charge < -0.3 is 19.3 Å². The van der Waals surface area contributed by atoms with Gasteiger partial charge >= 0.3 is 0 Å². The summed E-state index contributed by atoms with van der Waals surface area (Å²) in [6.07, 6.45) is 7.68. The van der Waals surface area contributed by atoms with Crippen molar-refractivity contribution >= 4 is 11.6 Å². The average molecular weight is 383 g/mol. The maximum Gasteiger partial charge on any atom is 0.161 e. The predicted octanol–water partition coefficient (Wildman–Crippen LogP) is 3.83. The molecule has 3 heterocycles. The number of fused-ring (bicyclic) bond motifs is 1. The standard InChI is InChI=1S/C22H30N4O2/c1-4-18-7-5-6-9-26(18)22-13-21(23-15-24-22)25-10-8-16-11-19(27-2)20(28-3)12-17(16)14-25/h11-13,15,18H,4-10,14H2,1-3H3. The van der Waals surface area contributed by atoms with E-state index in [1.54, 1.807) is 20.5 Å². The molecule has 6 nitrogen and oxygen atoms in total. The van der Waals surface area contributed by atoms with Gasteiger partial charge in [-0.1, -0.05) is 6.92 Å². The third kappa shape index (κ3) is 3.60. The summed E-state index contributed by atoms with van der Waals surface area (Å²) < 4.78 is 10.9. The van der Waals surface area contributed by atoms with Crippen molar-refractivity contribution in [1.29, 1.82) is 0 Å². The molecule has 1 aromatic heterocycles. The molecule has 1 saturated heterocycles. The van der Waals surface area contributed by atoms with Crippen LogP contribution in [0, 0.1) is 0 Å². The predicted molar refractivity (Wildman–Crippen MR) is 112 cm³/mol. The molecule has 1 aromatic carbocycles. The fraction of sp³-hybridized carbons (Fsp3) is 0.545. The first kappa shape index (κ1) is 18.8. The van der Waals surface area contributed by atoms with Crippen LogP contribution in [0.4, 0.5) is 11.6 Å². The third-order valence-corrected chi connectivity index (χ3v) is 6.07. The summed E-state index contributed by atoms with van der Waals surface area (Å²) in [4.78, 5) is 14.0. The fourth-order valence-electron chi connectivity index (χ4n) is 4.47. The van der Waals surface area contributed by atoms with Gasteiger partial charge in [0.05, 0.1) is 14.2 Å². The van der Waals surface area contributed by atoms with Gasteiger partial charge in [0.1, 0.15) is 18.0 Å². The van der Waals surface area contributed by atoms with E-state index in [1.807, 2.05) is 0 Å². The van der Waals surface area contributed by atoms with E-state index in [0.29, 0.717) is 6.04 Å². The zero-order chi connectivity index (χ0) is 19.5. The number of hydrogen-bond acceptors (Lipinski definition) is 6. The summed E-state index contributed by atoms with van der Waals surface area (Å²) in [6.45, 7) is 5.13. The molecule has 28 heavy (non-hydrogen) atoms. The molecule has 0 aliphatic carbocycles. The van der Waals surface area contributed by atoms with Crippen molar-refractivity contribution in [1.82, 2.24) is 9.97 Å². The molecule has 0 saturated carbocycles. The Balaban J connectivity index is 1.57. The molecule has 1 unspecified atom stereocenters. The lowest BCUT2D eigenvalue weighted by atomic mass is 9.98. The maximum absolute atomic E-state index is 5.49.